The Morgan fingerprint density at radius 1 is 1.26 bits per heavy atom. The van der Waals surface area contributed by atoms with Crippen molar-refractivity contribution in [3.05, 3.63) is 52.8 Å². The second kappa shape index (κ2) is 5.84. The number of aromatic nitrogens is 1. The minimum absolute atomic E-state index is 0.197. The predicted molar refractivity (Wildman–Crippen MR) is 77.7 cm³/mol. The van der Waals surface area contributed by atoms with E-state index in [-0.39, 0.29) is 5.91 Å². The second-order valence-electron chi connectivity index (χ2n) is 3.87. The van der Waals surface area contributed by atoms with Crippen LogP contribution in [0.1, 0.15) is 10.5 Å². The Morgan fingerprint density at radius 3 is 2.68 bits per heavy atom. The monoisotopic (exact) mass is 320 g/mol. The van der Waals surface area contributed by atoms with Gasteiger partial charge < -0.3 is 9.64 Å². The molecule has 0 fully saturated rings. The molecule has 0 N–H and O–H groups in total. The van der Waals surface area contributed by atoms with E-state index in [4.69, 9.17) is 4.74 Å². The normalized spacial score (nSPS) is 10.1. The van der Waals surface area contributed by atoms with Crippen molar-refractivity contribution in [2.75, 3.05) is 19.1 Å². The summed E-state index contributed by atoms with van der Waals surface area (Å²) in [5.74, 6) is 0.447. The van der Waals surface area contributed by atoms with Crippen molar-refractivity contribution < 1.29 is 9.53 Å². The van der Waals surface area contributed by atoms with Crippen LogP contribution in [0.3, 0.4) is 0 Å². The van der Waals surface area contributed by atoms with Crippen LogP contribution in [0.15, 0.2) is 47.1 Å². The highest BCUT2D eigenvalue weighted by atomic mass is 79.9. The van der Waals surface area contributed by atoms with Gasteiger partial charge in [0.25, 0.3) is 5.91 Å². The average Bonchev–Trinajstić information content (AvgIpc) is 2.46. The number of amides is 1. The summed E-state index contributed by atoms with van der Waals surface area (Å²) in [6.07, 6.45) is 1.59. The van der Waals surface area contributed by atoms with Gasteiger partial charge in [0, 0.05) is 17.7 Å². The number of halogens is 1. The SMILES string of the molecule is COc1ccccc1N(C)C(=O)c1ncccc1Br. The molecular weight excluding hydrogens is 308 g/mol. The van der Waals surface area contributed by atoms with Gasteiger partial charge in [0.05, 0.1) is 12.8 Å². The summed E-state index contributed by atoms with van der Waals surface area (Å²) < 4.78 is 5.93. The molecule has 0 saturated heterocycles. The zero-order chi connectivity index (χ0) is 13.8. The molecule has 0 aliphatic heterocycles. The van der Waals surface area contributed by atoms with Gasteiger partial charge in [-0.3, -0.25) is 4.79 Å². The van der Waals surface area contributed by atoms with Gasteiger partial charge in [-0.05, 0) is 40.2 Å². The van der Waals surface area contributed by atoms with Crippen LogP contribution in [-0.2, 0) is 0 Å². The minimum Gasteiger partial charge on any atom is -0.495 e. The Balaban J connectivity index is 2.37. The van der Waals surface area contributed by atoms with E-state index in [2.05, 4.69) is 20.9 Å². The van der Waals surface area contributed by atoms with Crippen molar-refractivity contribution in [2.45, 2.75) is 0 Å². The van der Waals surface area contributed by atoms with Crippen LogP contribution in [-0.4, -0.2) is 25.0 Å². The van der Waals surface area contributed by atoms with Gasteiger partial charge in [-0.25, -0.2) is 4.98 Å². The van der Waals surface area contributed by atoms with Crippen molar-refractivity contribution in [3.8, 4) is 5.75 Å². The first-order chi connectivity index (χ1) is 9.15. The zero-order valence-corrected chi connectivity index (χ0v) is 12.2. The van der Waals surface area contributed by atoms with Crippen molar-refractivity contribution in [3.63, 3.8) is 0 Å². The molecule has 2 aromatic rings. The molecule has 2 rings (SSSR count). The average molecular weight is 321 g/mol. The van der Waals surface area contributed by atoms with Crippen molar-refractivity contribution in [1.82, 2.24) is 4.98 Å². The first-order valence-corrected chi connectivity index (χ1v) is 6.46. The molecule has 1 aromatic carbocycles. The van der Waals surface area contributed by atoms with Crippen LogP contribution in [0, 0.1) is 0 Å². The minimum atomic E-state index is -0.197. The van der Waals surface area contributed by atoms with Gasteiger partial charge in [-0.1, -0.05) is 12.1 Å². The molecule has 1 aromatic heterocycles. The molecule has 1 heterocycles. The lowest BCUT2D eigenvalue weighted by molar-refractivity contribution is 0.0987. The highest BCUT2D eigenvalue weighted by molar-refractivity contribution is 9.10. The number of anilines is 1. The van der Waals surface area contributed by atoms with Crippen molar-refractivity contribution >= 4 is 27.5 Å². The van der Waals surface area contributed by atoms with E-state index >= 15 is 0 Å². The second-order valence-corrected chi connectivity index (χ2v) is 4.72. The fourth-order valence-corrected chi connectivity index (χ4v) is 2.14. The molecule has 98 valence electrons. The summed E-state index contributed by atoms with van der Waals surface area (Å²) in [5.41, 5.74) is 1.07. The lowest BCUT2D eigenvalue weighted by Crippen LogP contribution is -2.27. The third-order valence-electron chi connectivity index (χ3n) is 2.71. The summed E-state index contributed by atoms with van der Waals surface area (Å²) in [7, 11) is 3.27. The summed E-state index contributed by atoms with van der Waals surface area (Å²) >= 11 is 3.33. The number of ether oxygens (including phenoxy) is 1. The Bertz CT molecular complexity index is 602. The first kappa shape index (κ1) is 13.5. The summed E-state index contributed by atoms with van der Waals surface area (Å²) in [5, 5.41) is 0. The summed E-state index contributed by atoms with van der Waals surface area (Å²) in [4.78, 5) is 18.0. The lowest BCUT2D eigenvalue weighted by atomic mass is 10.2. The number of methoxy groups -OCH3 is 1. The summed E-state index contributed by atoms with van der Waals surface area (Å²) in [6.45, 7) is 0. The maximum absolute atomic E-state index is 12.4. The van der Waals surface area contributed by atoms with Crippen LogP contribution in [0.4, 0.5) is 5.69 Å². The molecule has 0 radical (unpaired) electrons. The van der Waals surface area contributed by atoms with Crippen molar-refractivity contribution in [1.29, 1.82) is 0 Å². The predicted octanol–water partition coefficient (Wildman–Crippen LogP) is 3.13. The number of hydrogen-bond acceptors (Lipinski definition) is 3. The van der Waals surface area contributed by atoms with E-state index in [1.807, 2.05) is 24.3 Å². The fraction of sp³-hybridized carbons (Fsp3) is 0.143. The first-order valence-electron chi connectivity index (χ1n) is 5.66. The van der Waals surface area contributed by atoms with E-state index in [1.54, 1.807) is 32.5 Å². The fourth-order valence-electron chi connectivity index (χ4n) is 1.72. The maximum atomic E-state index is 12.4. The van der Waals surface area contributed by atoms with Crippen molar-refractivity contribution in [2.24, 2.45) is 0 Å². The molecule has 19 heavy (non-hydrogen) atoms. The van der Waals surface area contributed by atoms with Crippen LogP contribution < -0.4 is 9.64 Å². The number of para-hydroxylation sites is 2. The largest absolute Gasteiger partial charge is 0.495 e. The van der Waals surface area contributed by atoms with Gasteiger partial charge in [-0.2, -0.15) is 0 Å². The van der Waals surface area contributed by atoms with Gasteiger partial charge in [0.2, 0.25) is 0 Å². The van der Waals surface area contributed by atoms with E-state index in [1.165, 1.54) is 4.90 Å². The molecule has 0 atom stereocenters. The number of carbonyl (C=O) groups is 1. The molecule has 0 saturated carbocycles. The maximum Gasteiger partial charge on any atom is 0.277 e. The lowest BCUT2D eigenvalue weighted by Gasteiger charge is -2.19. The highest BCUT2D eigenvalue weighted by Gasteiger charge is 2.19. The molecule has 0 unspecified atom stereocenters. The molecule has 1 amide bonds. The van der Waals surface area contributed by atoms with E-state index < -0.39 is 0 Å². The number of carbonyl (C=O) groups excluding carboxylic acids is 1. The van der Waals surface area contributed by atoms with Crippen LogP contribution in [0.2, 0.25) is 0 Å². The Hall–Kier alpha value is -1.88. The highest BCUT2D eigenvalue weighted by Crippen LogP contribution is 2.28. The van der Waals surface area contributed by atoms with Gasteiger partial charge >= 0.3 is 0 Å². The number of nitrogens with zero attached hydrogens (tertiary/aromatic N) is 2. The molecule has 0 spiro atoms. The van der Waals surface area contributed by atoms with Crippen LogP contribution in [0.5, 0.6) is 5.75 Å². The third kappa shape index (κ3) is 2.76. The number of rotatable bonds is 3. The van der Waals surface area contributed by atoms with Gasteiger partial charge in [0.1, 0.15) is 11.4 Å². The van der Waals surface area contributed by atoms with Gasteiger partial charge in [-0.15, -0.1) is 0 Å². The Labute approximate surface area is 120 Å². The standard InChI is InChI=1S/C14H13BrN2O2/c1-17(11-7-3-4-8-12(11)19-2)14(18)13-10(15)6-5-9-16-13/h3-9H,1-2H3. The smallest absolute Gasteiger partial charge is 0.277 e. The van der Waals surface area contributed by atoms with E-state index in [0.29, 0.717) is 21.6 Å². The quantitative estimate of drug-likeness (QED) is 0.872. The zero-order valence-electron chi connectivity index (χ0n) is 10.6. The van der Waals surface area contributed by atoms with Gasteiger partial charge in [0.15, 0.2) is 0 Å². The van der Waals surface area contributed by atoms with Crippen LogP contribution >= 0.6 is 15.9 Å². The molecular formula is C14H13BrN2O2. The molecule has 5 heteroatoms. The van der Waals surface area contributed by atoms with Crippen LogP contribution in [0.25, 0.3) is 0 Å². The molecule has 0 aliphatic carbocycles. The topological polar surface area (TPSA) is 42.4 Å². The number of hydrogen-bond donors (Lipinski definition) is 0. The number of benzene rings is 1. The number of pyridine rings is 1. The Morgan fingerprint density at radius 2 is 2.00 bits per heavy atom. The molecule has 0 bridgehead atoms. The third-order valence-corrected chi connectivity index (χ3v) is 3.35. The molecule has 4 nitrogen and oxygen atoms in total. The summed E-state index contributed by atoms with van der Waals surface area (Å²) in [6, 6.07) is 10.9. The molecule has 0 aliphatic rings. The Kier molecular flexibility index (Phi) is 4.16. The van der Waals surface area contributed by atoms with E-state index in [9.17, 15) is 4.79 Å². The van der Waals surface area contributed by atoms with E-state index in [0.717, 1.165) is 0 Å².